The van der Waals surface area contributed by atoms with Gasteiger partial charge in [-0.2, -0.15) is 0 Å². The summed E-state index contributed by atoms with van der Waals surface area (Å²) in [6.07, 6.45) is 0.0219. The van der Waals surface area contributed by atoms with Crippen molar-refractivity contribution in [2.75, 3.05) is 25.4 Å². The first-order valence-electron chi connectivity index (χ1n) is 6.03. The van der Waals surface area contributed by atoms with Crippen LogP contribution in [0.1, 0.15) is 6.92 Å². The summed E-state index contributed by atoms with van der Waals surface area (Å²) in [5, 5.41) is 0. The van der Waals surface area contributed by atoms with Gasteiger partial charge in [0.25, 0.3) is 0 Å². The molecule has 19 heavy (non-hydrogen) atoms. The van der Waals surface area contributed by atoms with Crippen molar-refractivity contribution in [1.29, 1.82) is 0 Å². The Bertz CT molecular complexity index is 470. The molecule has 1 aromatic rings. The molecule has 1 atom stereocenters. The van der Waals surface area contributed by atoms with Gasteiger partial charge in [0, 0.05) is 18.0 Å². The fourth-order valence-electron chi connectivity index (χ4n) is 1.86. The Morgan fingerprint density at radius 3 is 3.05 bits per heavy atom. The van der Waals surface area contributed by atoms with Crippen LogP contribution in [0.3, 0.4) is 0 Å². The molecular formula is C13H15F2NO2S. The molecule has 0 radical (unpaired) electrons. The highest BCUT2D eigenvalue weighted by Gasteiger charge is 2.21. The molecule has 0 bridgehead atoms. The Morgan fingerprint density at radius 1 is 1.53 bits per heavy atom. The maximum Gasteiger partial charge on any atom is 0.233 e. The molecule has 1 heterocycles. The van der Waals surface area contributed by atoms with Gasteiger partial charge in [-0.05, 0) is 25.1 Å². The van der Waals surface area contributed by atoms with Crippen LogP contribution in [0.5, 0.6) is 0 Å². The highest BCUT2D eigenvalue weighted by molar-refractivity contribution is 8.00. The monoisotopic (exact) mass is 287 g/mol. The number of hydrogen-bond donors (Lipinski definition) is 0. The van der Waals surface area contributed by atoms with Gasteiger partial charge in [0.05, 0.1) is 18.5 Å². The molecule has 104 valence electrons. The van der Waals surface area contributed by atoms with Gasteiger partial charge in [-0.1, -0.05) is 0 Å². The molecular weight excluding hydrogens is 272 g/mol. The Labute approximate surface area is 114 Å². The number of thioether (sulfide) groups is 1. The van der Waals surface area contributed by atoms with Gasteiger partial charge in [-0.15, -0.1) is 11.8 Å². The smallest absolute Gasteiger partial charge is 0.233 e. The summed E-state index contributed by atoms with van der Waals surface area (Å²) >= 11 is 1.02. The van der Waals surface area contributed by atoms with Crippen molar-refractivity contribution in [3.05, 3.63) is 29.8 Å². The van der Waals surface area contributed by atoms with Gasteiger partial charge in [0.2, 0.25) is 5.91 Å². The average molecular weight is 287 g/mol. The van der Waals surface area contributed by atoms with Crippen molar-refractivity contribution < 1.29 is 18.3 Å². The van der Waals surface area contributed by atoms with Crippen LogP contribution in [-0.2, 0) is 9.53 Å². The molecule has 1 saturated heterocycles. The first kappa shape index (κ1) is 14.3. The largest absolute Gasteiger partial charge is 0.375 e. The zero-order valence-electron chi connectivity index (χ0n) is 10.6. The third-order valence-corrected chi connectivity index (χ3v) is 3.85. The Hall–Kier alpha value is -1.14. The number of morpholine rings is 1. The predicted molar refractivity (Wildman–Crippen MR) is 69.1 cm³/mol. The summed E-state index contributed by atoms with van der Waals surface area (Å²) in [6, 6.07) is 3.24. The van der Waals surface area contributed by atoms with E-state index in [1.165, 1.54) is 0 Å². The van der Waals surface area contributed by atoms with Crippen molar-refractivity contribution >= 4 is 17.7 Å². The first-order valence-corrected chi connectivity index (χ1v) is 7.02. The van der Waals surface area contributed by atoms with E-state index in [0.29, 0.717) is 19.7 Å². The second kappa shape index (κ2) is 6.34. The van der Waals surface area contributed by atoms with Crippen LogP contribution in [0, 0.1) is 11.6 Å². The normalized spacial score (nSPS) is 19.5. The van der Waals surface area contributed by atoms with Crippen LogP contribution in [-0.4, -0.2) is 42.4 Å². The molecule has 0 N–H and O–H groups in total. The van der Waals surface area contributed by atoms with E-state index >= 15 is 0 Å². The maximum absolute atomic E-state index is 13.4. The number of benzene rings is 1. The van der Waals surface area contributed by atoms with Crippen LogP contribution in [0.15, 0.2) is 23.1 Å². The minimum atomic E-state index is -0.505. The quantitative estimate of drug-likeness (QED) is 0.799. The van der Waals surface area contributed by atoms with E-state index in [-0.39, 0.29) is 22.7 Å². The number of carbonyl (C=O) groups excluding carboxylic acids is 1. The zero-order chi connectivity index (χ0) is 13.8. The first-order chi connectivity index (χ1) is 9.06. The molecule has 0 spiro atoms. The van der Waals surface area contributed by atoms with Crippen molar-refractivity contribution in [1.82, 2.24) is 4.90 Å². The van der Waals surface area contributed by atoms with E-state index in [2.05, 4.69) is 0 Å². The Kier molecular flexibility index (Phi) is 4.76. The van der Waals surface area contributed by atoms with E-state index in [9.17, 15) is 13.6 Å². The SMILES string of the molecule is CC1CN(C(=O)CSc2cc(F)ccc2F)CCO1. The fraction of sp³-hybridized carbons (Fsp3) is 0.462. The summed E-state index contributed by atoms with van der Waals surface area (Å²) < 4.78 is 31.7. The number of amides is 1. The average Bonchev–Trinajstić information content (AvgIpc) is 2.39. The lowest BCUT2D eigenvalue weighted by molar-refractivity contribution is -0.135. The van der Waals surface area contributed by atoms with Crippen molar-refractivity contribution in [3.8, 4) is 0 Å². The van der Waals surface area contributed by atoms with Gasteiger partial charge in [0.1, 0.15) is 11.6 Å². The summed E-state index contributed by atoms with van der Waals surface area (Å²) in [4.78, 5) is 13.8. The van der Waals surface area contributed by atoms with Gasteiger partial charge in [0.15, 0.2) is 0 Å². The molecule has 1 fully saturated rings. The lowest BCUT2D eigenvalue weighted by Crippen LogP contribution is -2.45. The Morgan fingerprint density at radius 2 is 2.32 bits per heavy atom. The highest BCUT2D eigenvalue weighted by atomic mass is 32.2. The summed E-state index contributed by atoms with van der Waals surface area (Å²) in [5.74, 6) is -0.984. The zero-order valence-corrected chi connectivity index (χ0v) is 11.4. The lowest BCUT2D eigenvalue weighted by Gasteiger charge is -2.31. The van der Waals surface area contributed by atoms with Crippen molar-refractivity contribution in [2.24, 2.45) is 0 Å². The van der Waals surface area contributed by atoms with Gasteiger partial charge >= 0.3 is 0 Å². The molecule has 0 saturated carbocycles. The summed E-state index contributed by atoms with van der Waals surface area (Å²) in [6.45, 7) is 3.52. The van der Waals surface area contributed by atoms with Crippen LogP contribution < -0.4 is 0 Å². The molecule has 2 rings (SSSR count). The molecule has 0 aliphatic carbocycles. The lowest BCUT2D eigenvalue weighted by atomic mass is 10.3. The molecule has 1 aliphatic heterocycles. The molecule has 1 aliphatic rings. The minimum Gasteiger partial charge on any atom is -0.375 e. The number of ether oxygens (including phenoxy) is 1. The highest BCUT2D eigenvalue weighted by Crippen LogP contribution is 2.23. The molecule has 1 unspecified atom stereocenters. The van der Waals surface area contributed by atoms with Crippen molar-refractivity contribution in [2.45, 2.75) is 17.9 Å². The fourth-order valence-corrected chi connectivity index (χ4v) is 2.73. The third-order valence-electron chi connectivity index (χ3n) is 2.84. The number of halogens is 2. The number of nitrogens with zero attached hydrogens (tertiary/aromatic N) is 1. The standard InChI is InChI=1S/C13H15F2NO2S/c1-9-7-16(4-5-18-9)13(17)8-19-12-6-10(14)2-3-11(12)15/h2-3,6,9H,4-5,7-8H2,1H3. The van der Waals surface area contributed by atoms with Crippen molar-refractivity contribution in [3.63, 3.8) is 0 Å². The van der Waals surface area contributed by atoms with E-state index in [0.717, 1.165) is 30.0 Å². The van der Waals surface area contributed by atoms with Crippen LogP contribution >= 0.6 is 11.8 Å². The maximum atomic E-state index is 13.4. The molecule has 0 aromatic heterocycles. The van der Waals surface area contributed by atoms with Gasteiger partial charge in [-0.25, -0.2) is 8.78 Å². The van der Waals surface area contributed by atoms with Crippen LogP contribution in [0.4, 0.5) is 8.78 Å². The molecule has 1 aromatic carbocycles. The minimum absolute atomic E-state index is 0.0219. The van der Waals surface area contributed by atoms with Gasteiger partial charge < -0.3 is 9.64 Å². The van der Waals surface area contributed by atoms with E-state index in [4.69, 9.17) is 4.74 Å². The third kappa shape index (κ3) is 3.91. The summed E-state index contributed by atoms with van der Waals surface area (Å²) in [7, 11) is 0. The number of hydrogen-bond acceptors (Lipinski definition) is 3. The molecule has 3 nitrogen and oxygen atoms in total. The van der Waals surface area contributed by atoms with Gasteiger partial charge in [-0.3, -0.25) is 4.79 Å². The number of carbonyl (C=O) groups is 1. The topological polar surface area (TPSA) is 29.5 Å². The van der Waals surface area contributed by atoms with E-state index < -0.39 is 11.6 Å². The number of rotatable bonds is 3. The van der Waals surface area contributed by atoms with Crippen LogP contribution in [0.2, 0.25) is 0 Å². The van der Waals surface area contributed by atoms with E-state index in [1.54, 1.807) is 4.90 Å². The molecule has 1 amide bonds. The second-order valence-corrected chi connectivity index (χ2v) is 5.40. The van der Waals surface area contributed by atoms with Crippen LogP contribution in [0.25, 0.3) is 0 Å². The predicted octanol–water partition coefficient (Wildman–Crippen LogP) is 2.30. The Balaban J connectivity index is 1.91. The summed E-state index contributed by atoms with van der Waals surface area (Å²) in [5.41, 5.74) is 0. The second-order valence-electron chi connectivity index (χ2n) is 4.38. The molecule has 6 heteroatoms. The van der Waals surface area contributed by atoms with E-state index in [1.807, 2.05) is 6.92 Å².